The topological polar surface area (TPSA) is 84.2 Å². The molecule has 1 aromatic carbocycles. The Morgan fingerprint density at radius 1 is 1.28 bits per heavy atom. The van der Waals surface area contributed by atoms with Crippen molar-refractivity contribution >= 4 is 29.9 Å². The van der Waals surface area contributed by atoms with Gasteiger partial charge < -0.3 is 16.4 Å². The van der Waals surface area contributed by atoms with E-state index in [1.807, 2.05) is 0 Å². The van der Waals surface area contributed by atoms with Crippen molar-refractivity contribution in [2.24, 2.45) is 5.73 Å². The molecule has 0 radical (unpaired) electrons. The first-order valence-corrected chi connectivity index (χ1v) is 5.05. The summed E-state index contributed by atoms with van der Waals surface area (Å²) in [6.07, 6.45) is 0. The van der Waals surface area contributed by atoms with Gasteiger partial charge in [0, 0.05) is 5.69 Å². The first kappa shape index (κ1) is 16.3. The van der Waals surface area contributed by atoms with Crippen LogP contribution in [-0.2, 0) is 9.59 Å². The van der Waals surface area contributed by atoms with Gasteiger partial charge in [0.1, 0.15) is 5.82 Å². The molecule has 0 aromatic heterocycles. The molecule has 2 amide bonds. The Kier molecular flexibility index (Phi) is 6.92. The van der Waals surface area contributed by atoms with Gasteiger partial charge in [-0.25, -0.2) is 4.39 Å². The summed E-state index contributed by atoms with van der Waals surface area (Å²) in [6, 6.07) is 4.19. The Labute approximate surface area is 110 Å². The van der Waals surface area contributed by atoms with Gasteiger partial charge in [0.25, 0.3) is 0 Å². The number of nitrogens with two attached hydrogens (primary N) is 1. The second kappa shape index (κ2) is 7.62. The minimum atomic E-state index is -0.434. The van der Waals surface area contributed by atoms with Crippen molar-refractivity contribution in [2.75, 3.05) is 18.4 Å². The van der Waals surface area contributed by atoms with E-state index in [2.05, 4.69) is 10.6 Å². The van der Waals surface area contributed by atoms with Gasteiger partial charge in [-0.1, -0.05) is 0 Å². The standard InChI is InChI=1S/C11H14FN3O2.ClH/c1-7-2-8(12)4-9(3-7)15-11(17)6-14-10(16)5-13;/h2-4H,5-6,13H2,1H3,(H,14,16)(H,15,17);1H. The van der Waals surface area contributed by atoms with Crippen LogP contribution in [0.3, 0.4) is 0 Å². The number of rotatable bonds is 4. The monoisotopic (exact) mass is 275 g/mol. The Morgan fingerprint density at radius 3 is 2.50 bits per heavy atom. The highest BCUT2D eigenvalue weighted by atomic mass is 35.5. The Balaban J connectivity index is 0.00000289. The Morgan fingerprint density at radius 2 is 1.94 bits per heavy atom. The van der Waals surface area contributed by atoms with E-state index in [1.54, 1.807) is 13.0 Å². The van der Waals surface area contributed by atoms with Crippen molar-refractivity contribution in [3.05, 3.63) is 29.6 Å². The molecular formula is C11H15ClFN3O2. The predicted molar refractivity (Wildman–Crippen MR) is 69.1 cm³/mol. The molecule has 4 N–H and O–H groups in total. The van der Waals surface area contributed by atoms with Crippen LogP contribution in [0, 0.1) is 12.7 Å². The van der Waals surface area contributed by atoms with E-state index in [-0.39, 0.29) is 25.5 Å². The molecule has 0 saturated heterocycles. The lowest BCUT2D eigenvalue weighted by Gasteiger charge is -2.07. The number of hydrogen-bond donors (Lipinski definition) is 3. The zero-order chi connectivity index (χ0) is 12.8. The van der Waals surface area contributed by atoms with Crippen molar-refractivity contribution in [2.45, 2.75) is 6.92 Å². The van der Waals surface area contributed by atoms with Gasteiger partial charge in [-0.15, -0.1) is 12.4 Å². The maximum Gasteiger partial charge on any atom is 0.243 e. The number of carbonyl (C=O) groups excluding carboxylic acids is 2. The third-order valence-electron chi connectivity index (χ3n) is 1.96. The average Bonchev–Trinajstić information content (AvgIpc) is 2.24. The van der Waals surface area contributed by atoms with Crippen LogP contribution >= 0.6 is 12.4 Å². The van der Waals surface area contributed by atoms with Crippen LogP contribution in [0.15, 0.2) is 18.2 Å². The number of carbonyl (C=O) groups is 2. The molecular weight excluding hydrogens is 261 g/mol. The molecule has 18 heavy (non-hydrogen) atoms. The lowest BCUT2D eigenvalue weighted by molar-refractivity contribution is -0.123. The van der Waals surface area contributed by atoms with Crippen molar-refractivity contribution in [1.82, 2.24) is 5.32 Å². The van der Waals surface area contributed by atoms with Crippen LogP contribution < -0.4 is 16.4 Å². The van der Waals surface area contributed by atoms with E-state index in [0.717, 1.165) is 0 Å². The molecule has 5 nitrogen and oxygen atoms in total. The molecule has 0 fully saturated rings. The highest BCUT2D eigenvalue weighted by Crippen LogP contribution is 2.12. The number of hydrogen-bond acceptors (Lipinski definition) is 3. The van der Waals surface area contributed by atoms with Crippen LogP contribution in [0.1, 0.15) is 5.56 Å². The largest absolute Gasteiger partial charge is 0.346 e. The summed E-state index contributed by atoms with van der Waals surface area (Å²) in [5.41, 5.74) is 6.11. The van der Waals surface area contributed by atoms with Crippen LogP contribution in [0.25, 0.3) is 0 Å². The van der Waals surface area contributed by atoms with E-state index in [4.69, 9.17) is 5.73 Å². The molecule has 0 saturated carbocycles. The first-order valence-electron chi connectivity index (χ1n) is 5.05. The number of amides is 2. The second-order valence-corrected chi connectivity index (χ2v) is 3.55. The summed E-state index contributed by atoms with van der Waals surface area (Å²) >= 11 is 0. The SMILES string of the molecule is Cc1cc(F)cc(NC(=O)CNC(=O)CN)c1.Cl. The maximum atomic E-state index is 13.0. The van der Waals surface area contributed by atoms with Gasteiger partial charge in [-0.2, -0.15) is 0 Å². The molecule has 7 heteroatoms. The highest BCUT2D eigenvalue weighted by Gasteiger charge is 2.05. The highest BCUT2D eigenvalue weighted by molar-refractivity contribution is 5.94. The number of benzene rings is 1. The first-order chi connectivity index (χ1) is 8.01. The van der Waals surface area contributed by atoms with Crippen molar-refractivity contribution in [3.63, 3.8) is 0 Å². The third-order valence-corrected chi connectivity index (χ3v) is 1.96. The van der Waals surface area contributed by atoms with Crippen LogP contribution in [0.4, 0.5) is 10.1 Å². The Bertz CT molecular complexity index is 420. The quantitative estimate of drug-likeness (QED) is 0.751. The molecule has 0 aliphatic heterocycles. The average molecular weight is 276 g/mol. The van der Waals surface area contributed by atoms with Gasteiger partial charge in [0.05, 0.1) is 13.1 Å². The summed E-state index contributed by atoms with van der Waals surface area (Å²) in [5, 5.41) is 4.78. The third kappa shape index (κ3) is 5.60. The predicted octanol–water partition coefficient (Wildman–Crippen LogP) is 0.569. The zero-order valence-electron chi connectivity index (χ0n) is 9.83. The van der Waals surface area contributed by atoms with Crippen molar-refractivity contribution in [3.8, 4) is 0 Å². The summed E-state index contributed by atoms with van der Waals surface area (Å²) in [6.45, 7) is 1.35. The fraction of sp³-hybridized carbons (Fsp3) is 0.273. The second-order valence-electron chi connectivity index (χ2n) is 3.55. The molecule has 0 unspecified atom stereocenters. The van der Waals surface area contributed by atoms with E-state index in [9.17, 15) is 14.0 Å². The minimum absolute atomic E-state index is 0. The molecule has 0 bridgehead atoms. The number of halogens is 2. The van der Waals surface area contributed by atoms with Crippen LogP contribution in [-0.4, -0.2) is 24.9 Å². The van der Waals surface area contributed by atoms with Crippen molar-refractivity contribution < 1.29 is 14.0 Å². The van der Waals surface area contributed by atoms with Gasteiger partial charge in [0.15, 0.2) is 0 Å². The number of anilines is 1. The lowest BCUT2D eigenvalue weighted by atomic mass is 10.2. The molecule has 0 heterocycles. The normalized spacial score (nSPS) is 9.28. The molecule has 0 aliphatic carbocycles. The molecule has 100 valence electrons. The van der Waals surface area contributed by atoms with Crippen LogP contribution in [0.5, 0.6) is 0 Å². The van der Waals surface area contributed by atoms with E-state index in [0.29, 0.717) is 11.3 Å². The van der Waals surface area contributed by atoms with E-state index >= 15 is 0 Å². The van der Waals surface area contributed by atoms with Gasteiger partial charge in [-0.3, -0.25) is 9.59 Å². The van der Waals surface area contributed by atoms with E-state index < -0.39 is 17.6 Å². The summed E-state index contributed by atoms with van der Waals surface area (Å²) in [4.78, 5) is 22.2. The number of aryl methyl sites for hydroxylation is 1. The minimum Gasteiger partial charge on any atom is -0.346 e. The molecule has 0 spiro atoms. The zero-order valence-corrected chi connectivity index (χ0v) is 10.6. The lowest BCUT2D eigenvalue weighted by Crippen LogP contribution is -2.36. The van der Waals surface area contributed by atoms with Crippen molar-refractivity contribution in [1.29, 1.82) is 0 Å². The maximum absolute atomic E-state index is 13.0. The van der Waals surface area contributed by atoms with E-state index in [1.165, 1.54) is 12.1 Å². The van der Waals surface area contributed by atoms with Gasteiger partial charge in [0.2, 0.25) is 11.8 Å². The fourth-order valence-corrected chi connectivity index (χ4v) is 1.26. The van der Waals surface area contributed by atoms with Gasteiger partial charge >= 0.3 is 0 Å². The Hall–Kier alpha value is -1.66. The molecule has 0 atom stereocenters. The number of nitrogens with one attached hydrogen (secondary N) is 2. The summed E-state index contributed by atoms with van der Waals surface area (Å²) < 4.78 is 13.0. The molecule has 1 rings (SSSR count). The molecule has 0 aliphatic rings. The summed E-state index contributed by atoms with van der Waals surface area (Å²) in [5.74, 6) is -1.28. The van der Waals surface area contributed by atoms with Crippen LogP contribution in [0.2, 0.25) is 0 Å². The molecule has 1 aromatic rings. The smallest absolute Gasteiger partial charge is 0.243 e. The van der Waals surface area contributed by atoms with Gasteiger partial charge in [-0.05, 0) is 30.7 Å². The summed E-state index contributed by atoms with van der Waals surface area (Å²) in [7, 11) is 0. The fourth-order valence-electron chi connectivity index (χ4n) is 1.26.